The summed E-state index contributed by atoms with van der Waals surface area (Å²) in [6, 6.07) is 13.1. The molecule has 1 unspecified atom stereocenters. The summed E-state index contributed by atoms with van der Waals surface area (Å²) in [5, 5.41) is 11.5. The summed E-state index contributed by atoms with van der Waals surface area (Å²) < 4.78 is 1.96. The first-order valence-corrected chi connectivity index (χ1v) is 11.0. The molecule has 3 aromatic rings. The van der Waals surface area contributed by atoms with Crippen molar-refractivity contribution in [2.75, 3.05) is 6.61 Å². The van der Waals surface area contributed by atoms with Gasteiger partial charge in [-0.3, -0.25) is 19.7 Å². The highest BCUT2D eigenvalue weighted by molar-refractivity contribution is 6.05. The number of imidazole rings is 1. The Hall–Kier alpha value is -3.49. The topological polar surface area (TPSA) is 105 Å². The summed E-state index contributed by atoms with van der Waals surface area (Å²) in [5.41, 5.74) is 6.15. The molecule has 0 saturated carbocycles. The summed E-state index contributed by atoms with van der Waals surface area (Å²) in [6.45, 7) is 0.437. The van der Waals surface area contributed by atoms with Gasteiger partial charge in [0.25, 0.3) is 5.91 Å². The van der Waals surface area contributed by atoms with Crippen molar-refractivity contribution < 1.29 is 19.5 Å². The van der Waals surface area contributed by atoms with Crippen molar-refractivity contribution in [2.45, 2.75) is 31.8 Å². The number of imide groups is 1. The van der Waals surface area contributed by atoms with Crippen LogP contribution in [0.4, 0.5) is 0 Å². The molecule has 0 aliphatic carbocycles. The minimum Gasteiger partial charge on any atom is -0.396 e. The Bertz CT molecular complexity index is 1270. The molecule has 0 spiro atoms. The fourth-order valence-corrected chi connectivity index (χ4v) is 4.66. The standard InChI is InChI=1S/C25H24N4O4.ClH/c1-28-14-26-22(23(28)16-4-2-15(3-5-16)10-11-30)17-6-7-19-18(12-17)13-29(25(19)33)20-8-9-21(31)27-24(20)32;/h2-7,12,14,20,30H,8-11,13H2,1H3,(H,27,31,32);1H. The Morgan fingerprint density at radius 3 is 2.53 bits per heavy atom. The monoisotopic (exact) mass is 480 g/mol. The van der Waals surface area contributed by atoms with Crippen molar-refractivity contribution >= 4 is 30.1 Å². The van der Waals surface area contributed by atoms with Crippen molar-refractivity contribution in [1.82, 2.24) is 19.8 Å². The van der Waals surface area contributed by atoms with Crippen LogP contribution in [-0.4, -0.2) is 49.9 Å². The Morgan fingerprint density at radius 2 is 1.82 bits per heavy atom. The number of aryl methyl sites for hydroxylation is 1. The predicted octanol–water partition coefficient (Wildman–Crippen LogP) is 2.47. The number of rotatable bonds is 5. The zero-order chi connectivity index (χ0) is 23.1. The van der Waals surface area contributed by atoms with Crippen LogP contribution in [0.5, 0.6) is 0 Å². The molecule has 8 nitrogen and oxygen atoms in total. The number of aliphatic hydroxyl groups excluding tert-OH is 1. The van der Waals surface area contributed by atoms with Gasteiger partial charge < -0.3 is 14.6 Å². The molecular weight excluding hydrogens is 456 g/mol. The van der Waals surface area contributed by atoms with E-state index in [1.165, 1.54) is 0 Å². The number of piperidine rings is 1. The summed E-state index contributed by atoms with van der Waals surface area (Å²) >= 11 is 0. The smallest absolute Gasteiger partial charge is 0.255 e. The number of halogens is 1. The van der Waals surface area contributed by atoms with E-state index in [2.05, 4.69) is 10.3 Å². The Labute approximate surface area is 203 Å². The highest BCUT2D eigenvalue weighted by Gasteiger charge is 2.39. The van der Waals surface area contributed by atoms with Crippen LogP contribution >= 0.6 is 12.4 Å². The Kier molecular flexibility index (Phi) is 6.54. The second-order valence-corrected chi connectivity index (χ2v) is 8.50. The average molecular weight is 481 g/mol. The number of benzene rings is 2. The van der Waals surface area contributed by atoms with Crippen LogP contribution in [0.25, 0.3) is 22.5 Å². The van der Waals surface area contributed by atoms with E-state index >= 15 is 0 Å². The molecule has 176 valence electrons. The molecule has 3 amide bonds. The van der Waals surface area contributed by atoms with Crippen molar-refractivity contribution in [3.05, 3.63) is 65.5 Å². The van der Waals surface area contributed by atoms with Gasteiger partial charge in [0.1, 0.15) is 6.04 Å². The van der Waals surface area contributed by atoms with Gasteiger partial charge >= 0.3 is 0 Å². The maximum Gasteiger partial charge on any atom is 0.255 e. The number of hydrogen-bond donors (Lipinski definition) is 2. The van der Waals surface area contributed by atoms with E-state index in [-0.39, 0.29) is 37.2 Å². The minimum atomic E-state index is -0.631. The number of nitrogens with zero attached hydrogens (tertiary/aromatic N) is 3. The molecule has 2 aliphatic heterocycles. The number of hydrogen-bond acceptors (Lipinski definition) is 5. The summed E-state index contributed by atoms with van der Waals surface area (Å²) in [4.78, 5) is 42.9. The first-order valence-electron chi connectivity index (χ1n) is 11.0. The maximum atomic E-state index is 13.0. The number of nitrogens with one attached hydrogen (secondary N) is 1. The molecule has 1 fully saturated rings. The van der Waals surface area contributed by atoms with E-state index in [9.17, 15) is 14.4 Å². The van der Waals surface area contributed by atoms with E-state index in [4.69, 9.17) is 5.11 Å². The van der Waals surface area contributed by atoms with Crippen molar-refractivity contribution in [3.8, 4) is 22.5 Å². The first kappa shape index (κ1) is 23.7. The fraction of sp³-hybridized carbons (Fsp3) is 0.280. The fourth-order valence-electron chi connectivity index (χ4n) is 4.66. The minimum absolute atomic E-state index is 0. The van der Waals surface area contributed by atoms with E-state index in [1.807, 2.05) is 48.0 Å². The Balaban J connectivity index is 0.00000274. The van der Waals surface area contributed by atoms with Gasteiger partial charge in [0, 0.05) is 43.3 Å². The molecule has 2 aromatic carbocycles. The zero-order valence-corrected chi connectivity index (χ0v) is 19.5. The quantitative estimate of drug-likeness (QED) is 0.546. The van der Waals surface area contributed by atoms with Crippen LogP contribution in [-0.2, 0) is 29.6 Å². The number of carbonyl (C=O) groups is 3. The molecule has 0 radical (unpaired) electrons. The lowest BCUT2D eigenvalue weighted by atomic mass is 10.00. The summed E-state index contributed by atoms with van der Waals surface area (Å²) in [6.07, 6.45) is 2.95. The third-order valence-corrected chi connectivity index (χ3v) is 6.36. The molecule has 2 N–H and O–H groups in total. The average Bonchev–Trinajstić information content (AvgIpc) is 3.34. The molecule has 5 rings (SSSR count). The molecule has 1 saturated heterocycles. The van der Waals surface area contributed by atoms with E-state index < -0.39 is 11.9 Å². The normalized spacial score (nSPS) is 17.4. The maximum absolute atomic E-state index is 13.0. The predicted molar refractivity (Wildman–Crippen MR) is 128 cm³/mol. The number of carbonyl (C=O) groups excluding carboxylic acids is 3. The van der Waals surface area contributed by atoms with Crippen LogP contribution in [0.2, 0.25) is 0 Å². The number of aliphatic hydroxyl groups is 1. The van der Waals surface area contributed by atoms with Crippen molar-refractivity contribution in [3.63, 3.8) is 0 Å². The van der Waals surface area contributed by atoms with Crippen LogP contribution in [0.3, 0.4) is 0 Å². The SMILES string of the molecule is Cl.Cn1cnc(-c2ccc3c(c2)CN(C2CCC(=O)NC2=O)C3=O)c1-c1ccc(CCO)cc1. The van der Waals surface area contributed by atoms with Gasteiger partial charge in [0.05, 0.1) is 17.7 Å². The third kappa shape index (κ3) is 4.10. The second-order valence-electron chi connectivity index (χ2n) is 8.50. The molecular formula is C25H25ClN4O4. The zero-order valence-electron chi connectivity index (χ0n) is 18.7. The highest BCUT2D eigenvalue weighted by Crippen LogP contribution is 2.35. The van der Waals surface area contributed by atoms with Crippen molar-refractivity contribution in [2.24, 2.45) is 7.05 Å². The number of fused-ring (bicyclic) bond motifs is 1. The van der Waals surface area contributed by atoms with Gasteiger partial charge in [-0.2, -0.15) is 0 Å². The van der Waals surface area contributed by atoms with Gasteiger partial charge in [-0.25, -0.2) is 4.98 Å². The van der Waals surface area contributed by atoms with Gasteiger partial charge in [-0.1, -0.05) is 30.3 Å². The molecule has 1 atom stereocenters. The van der Waals surface area contributed by atoms with Gasteiger partial charge in [0.15, 0.2) is 0 Å². The van der Waals surface area contributed by atoms with E-state index in [0.29, 0.717) is 24.9 Å². The molecule has 1 aromatic heterocycles. The van der Waals surface area contributed by atoms with Gasteiger partial charge in [-0.05, 0) is 36.1 Å². The van der Waals surface area contributed by atoms with E-state index in [1.54, 1.807) is 17.3 Å². The van der Waals surface area contributed by atoms with Gasteiger partial charge in [0.2, 0.25) is 11.8 Å². The molecule has 0 bridgehead atoms. The number of amides is 3. The Morgan fingerprint density at radius 1 is 1.09 bits per heavy atom. The summed E-state index contributed by atoms with van der Waals surface area (Å²) in [5.74, 6) is -0.897. The second kappa shape index (κ2) is 9.40. The summed E-state index contributed by atoms with van der Waals surface area (Å²) in [7, 11) is 1.94. The highest BCUT2D eigenvalue weighted by atomic mass is 35.5. The number of aromatic nitrogens is 2. The molecule has 34 heavy (non-hydrogen) atoms. The lowest BCUT2D eigenvalue weighted by molar-refractivity contribution is -0.136. The van der Waals surface area contributed by atoms with Crippen LogP contribution in [0, 0.1) is 0 Å². The van der Waals surface area contributed by atoms with Crippen LogP contribution in [0.1, 0.15) is 34.3 Å². The van der Waals surface area contributed by atoms with E-state index in [0.717, 1.165) is 33.6 Å². The molecule has 2 aliphatic rings. The van der Waals surface area contributed by atoms with Crippen LogP contribution < -0.4 is 5.32 Å². The largest absolute Gasteiger partial charge is 0.396 e. The first-order chi connectivity index (χ1) is 16.0. The molecule has 3 heterocycles. The lowest BCUT2D eigenvalue weighted by Crippen LogP contribution is -2.52. The third-order valence-electron chi connectivity index (χ3n) is 6.36. The van der Waals surface area contributed by atoms with Gasteiger partial charge in [-0.15, -0.1) is 12.4 Å². The molecule has 9 heteroatoms. The van der Waals surface area contributed by atoms with Crippen molar-refractivity contribution in [1.29, 1.82) is 0 Å². The van der Waals surface area contributed by atoms with Crippen LogP contribution in [0.15, 0.2) is 48.8 Å². The lowest BCUT2D eigenvalue weighted by Gasteiger charge is -2.29.